The van der Waals surface area contributed by atoms with E-state index in [0.29, 0.717) is 6.61 Å². The topological polar surface area (TPSA) is 38.3 Å². The minimum atomic E-state index is -0.411. The third kappa shape index (κ3) is 3.13. The first-order valence-corrected chi connectivity index (χ1v) is 8.50. The summed E-state index contributed by atoms with van der Waals surface area (Å²) in [6.45, 7) is 0.381. The van der Waals surface area contributed by atoms with Crippen molar-refractivity contribution in [2.75, 3.05) is 11.9 Å². The number of nitrogens with one attached hydrogen (secondary N) is 1. The van der Waals surface area contributed by atoms with Crippen LogP contribution in [0.15, 0.2) is 78.9 Å². The average Bonchev–Trinajstić information content (AvgIpc) is 2.97. The number of fused-ring (bicyclic) bond motifs is 3. The number of amides is 1. The highest BCUT2D eigenvalue weighted by atomic mass is 16.5. The Bertz CT molecular complexity index is 844. The summed E-state index contributed by atoms with van der Waals surface area (Å²) < 4.78 is 5.39. The van der Waals surface area contributed by atoms with E-state index in [1.54, 1.807) is 0 Å². The maximum atomic E-state index is 11.9. The van der Waals surface area contributed by atoms with Gasteiger partial charge in [-0.1, -0.05) is 66.7 Å². The number of carbonyl (C=O) groups is 1. The van der Waals surface area contributed by atoms with Gasteiger partial charge < -0.3 is 4.74 Å². The normalized spacial score (nSPS) is 12.3. The fraction of sp³-hybridized carbons (Fsp3) is 0.136. The summed E-state index contributed by atoms with van der Waals surface area (Å²) in [5, 5.41) is 2.74. The van der Waals surface area contributed by atoms with Gasteiger partial charge in [0.15, 0.2) is 0 Å². The fourth-order valence-electron chi connectivity index (χ4n) is 3.52. The summed E-state index contributed by atoms with van der Waals surface area (Å²) in [7, 11) is 0. The largest absolute Gasteiger partial charge is 0.449 e. The molecule has 3 heteroatoms. The zero-order chi connectivity index (χ0) is 17.1. The van der Waals surface area contributed by atoms with E-state index in [-0.39, 0.29) is 5.92 Å². The predicted molar refractivity (Wildman–Crippen MR) is 99.8 cm³/mol. The van der Waals surface area contributed by atoms with E-state index in [1.807, 2.05) is 30.3 Å². The maximum Gasteiger partial charge on any atom is 0.411 e. The smallest absolute Gasteiger partial charge is 0.411 e. The van der Waals surface area contributed by atoms with Gasteiger partial charge in [0, 0.05) is 11.6 Å². The van der Waals surface area contributed by atoms with E-state index in [4.69, 9.17) is 4.74 Å². The molecule has 0 aliphatic heterocycles. The molecule has 0 saturated heterocycles. The first-order chi connectivity index (χ1) is 12.3. The Balaban J connectivity index is 1.42. The standard InChI is InChI=1S/C22H19NO2/c24-22(23-16-8-2-1-3-9-16)25-15-14-21-19-12-6-4-10-17(19)18-11-5-7-13-20(18)21/h1-13,21H,14-15H2,(H,23,24). The second-order valence-electron chi connectivity index (χ2n) is 6.14. The Morgan fingerprint density at radius 1 is 0.800 bits per heavy atom. The SMILES string of the molecule is O=C(Nc1ccccc1)OCCC1c2ccccc2-c2ccccc21. The van der Waals surface area contributed by atoms with E-state index in [9.17, 15) is 4.79 Å². The summed E-state index contributed by atoms with van der Waals surface area (Å²) in [4.78, 5) is 11.9. The van der Waals surface area contributed by atoms with Crippen molar-refractivity contribution < 1.29 is 9.53 Å². The first kappa shape index (κ1) is 15.5. The van der Waals surface area contributed by atoms with Crippen LogP contribution in [-0.4, -0.2) is 12.7 Å². The molecule has 3 aromatic carbocycles. The molecule has 3 nitrogen and oxygen atoms in total. The molecule has 1 aliphatic carbocycles. The molecule has 124 valence electrons. The zero-order valence-electron chi connectivity index (χ0n) is 13.8. The molecule has 25 heavy (non-hydrogen) atoms. The van der Waals surface area contributed by atoms with Crippen molar-refractivity contribution in [3.05, 3.63) is 90.0 Å². The van der Waals surface area contributed by atoms with E-state index in [0.717, 1.165) is 12.1 Å². The molecule has 0 bridgehead atoms. The first-order valence-electron chi connectivity index (χ1n) is 8.50. The highest BCUT2D eigenvalue weighted by Crippen LogP contribution is 2.45. The number of ether oxygens (including phenoxy) is 1. The average molecular weight is 329 g/mol. The number of rotatable bonds is 4. The lowest BCUT2D eigenvalue weighted by atomic mass is 9.94. The van der Waals surface area contributed by atoms with Crippen LogP contribution in [0.4, 0.5) is 10.5 Å². The highest BCUT2D eigenvalue weighted by molar-refractivity contribution is 5.84. The van der Waals surface area contributed by atoms with Crippen molar-refractivity contribution in [2.24, 2.45) is 0 Å². The van der Waals surface area contributed by atoms with E-state index >= 15 is 0 Å². The molecule has 0 saturated carbocycles. The van der Waals surface area contributed by atoms with Crippen LogP contribution in [-0.2, 0) is 4.74 Å². The molecule has 0 unspecified atom stereocenters. The second-order valence-corrected chi connectivity index (χ2v) is 6.14. The molecule has 4 rings (SSSR count). The molecule has 1 N–H and O–H groups in total. The Morgan fingerprint density at radius 3 is 2.00 bits per heavy atom. The quantitative estimate of drug-likeness (QED) is 0.692. The maximum absolute atomic E-state index is 11.9. The van der Waals surface area contributed by atoms with Crippen LogP contribution in [0.25, 0.3) is 11.1 Å². The van der Waals surface area contributed by atoms with Crippen LogP contribution >= 0.6 is 0 Å². The summed E-state index contributed by atoms with van der Waals surface area (Å²) >= 11 is 0. The van der Waals surface area contributed by atoms with Crippen molar-refractivity contribution in [3.8, 4) is 11.1 Å². The minimum Gasteiger partial charge on any atom is -0.449 e. The number of para-hydroxylation sites is 1. The molecular weight excluding hydrogens is 310 g/mol. The zero-order valence-corrected chi connectivity index (χ0v) is 13.8. The number of hydrogen-bond acceptors (Lipinski definition) is 2. The van der Waals surface area contributed by atoms with Crippen molar-refractivity contribution in [2.45, 2.75) is 12.3 Å². The van der Waals surface area contributed by atoms with Crippen molar-refractivity contribution >= 4 is 11.8 Å². The molecule has 3 aromatic rings. The lowest BCUT2D eigenvalue weighted by Crippen LogP contribution is -2.15. The van der Waals surface area contributed by atoms with Gasteiger partial charge in [-0.15, -0.1) is 0 Å². The molecule has 0 atom stereocenters. The van der Waals surface area contributed by atoms with Gasteiger partial charge in [-0.2, -0.15) is 0 Å². The van der Waals surface area contributed by atoms with Gasteiger partial charge >= 0.3 is 6.09 Å². The Kier molecular flexibility index (Phi) is 4.21. The van der Waals surface area contributed by atoms with Gasteiger partial charge in [-0.05, 0) is 40.8 Å². The summed E-state index contributed by atoms with van der Waals surface area (Å²) in [6, 6.07) is 26.3. The molecule has 1 aliphatic rings. The Labute approximate surface area is 147 Å². The van der Waals surface area contributed by atoms with Gasteiger partial charge in [0.05, 0.1) is 6.61 Å². The van der Waals surface area contributed by atoms with Gasteiger partial charge in [0.25, 0.3) is 0 Å². The lowest BCUT2D eigenvalue weighted by Gasteiger charge is -2.14. The minimum absolute atomic E-state index is 0.275. The molecular formula is C22H19NO2. The molecule has 0 heterocycles. The monoisotopic (exact) mass is 329 g/mol. The van der Waals surface area contributed by atoms with E-state index in [2.05, 4.69) is 53.8 Å². The summed E-state index contributed by atoms with van der Waals surface area (Å²) in [5.41, 5.74) is 5.95. The van der Waals surface area contributed by atoms with Gasteiger partial charge in [0.1, 0.15) is 0 Å². The number of benzene rings is 3. The molecule has 0 fully saturated rings. The molecule has 0 spiro atoms. The Morgan fingerprint density at radius 2 is 1.36 bits per heavy atom. The van der Waals surface area contributed by atoms with Crippen LogP contribution < -0.4 is 5.32 Å². The van der Waals surface area contributed by atoms with Gasteiger partial charge in [0.2, 0.25) is 0 Å². The van der Waals surface area contributed by atoms with E-state index in [1.165, 1.54) is 22.3 Å². The predicted octanol–water partition coefficient (Wildman–Crippen LogP) is 5.44. The summed E-state index contributed by atoms with van der Waals surface area (Å²) in [6.07, 6.45) is 0.363. The van der Waals surface area contributed by atoms with Crippen LogP contribution in [0.1, 0.15) is 23.5 Å². The molecule has 1 amide bonds. The lowest BCUT2D eigenvalue weighted by molar-refractivity contribution is 0.159. The van der Waals surface area contributed by atoms with Crippen LogP contribution in [0.3, 0.4) is 0 Å². The van der Waals surface area contributed by atoms with Crippen LogP contribution in [0, 0.1) is 0 Å². The number of hydrogen-bond donors (Lipinski definition) is 1. The Hall–Kier alpha value is -3.07. The number of carbonyl (C=O) groups excluding carboxylic acids is 1. The third-order valence-electron chi connectivity index (χ3n) is 4.62. The van der Waals surface area contributed by atoms with Crippen molar-refractivity contribution in [1.29, 1.82) is 0 Å². The number of anilines is 1. The molecule has 0 aromatic heterocycles. The molecule has 0 radical (unpaired) electrons. The van der Waals surface area contributed by atoms with Crippen molar-refractivity contribution in [1.82, 2.24) is 0 Å². The second kappa shape index (κ2) is 6.81. The van der Waals surface area contributed by atoms with Gasteiger partial charge in [-0.3, -0.25) is 5.32 Å². The van der Waals surface area contributed by atoms with Crippen LogP contribution in [0.2, 0.25) is 0 Å². The van der Waals surface area contributed by atoms with Crippen LogP contribution in [0.5, 0.6) is 0 Å². The third-order valence-corrected chi connectivity index (χ3v) is 4.62. The van der Waals surface area contributed by atoms with E-state index < -0.39 is 6.09 Å². The summed E-state index contributed by atoms with van der Waals surface area (Å²) in [5.74, 6) is 0.275. The van der Waals surface area contributed by atoms with Crippen molar-refractivity contribution in [3.63, 3.8) is 0 Å². The highest BCUT2D eigenvalue weighted by Gasteiger charge is 2.27. The van der Waals surface area contributed by atoms with Gasteiger partial charge in [-0.25, -0.2) is 4.79 Å². The fourth-order valence-corrected chi connectivity index (χ4v) is 3.52.